The van der Waals surface area contributed by atoms with Crippen molar-refractivity contribution < 1.29 is 8.42 Å². The van der Waals surface area contributed by atoms with Crippen LogP contribution >= 0.6 is 0 Å². The normalized spacial score (nSPS) is 33.1. The Hall–Kier alpha value is -0.170. The molecule has 16 heavy (non-hydrogen) atoms. The van der Waals surface area contributed by atoms with Gasteiger partial charge in [-0.1, -0.05) is 6.92 Å². The number of hydrogen-bond acceptors (Lipinski definition) is 3. The first kappa shape index (κ1) is 12.3. The van der Waals surface area contributed by atoms with Crippen LogP contribution < -0.4 is 10.0 Å². The first-order valence-electron chi connectivity index (χ1n) is 6.06. The predicted molar refractivity (Wildman–Crippen MR) is 63.3 cm³/mol. The molecule has 0 bridgehead atoms. The fraction of sp³-hybridized carbons (Fsp3) is 1.00. The van der Waals surface area contributed by atoms with Crippen LogP contribution in [-0.2, 0) is 10.2 Å². The Kier molecular flexibility index (Phi) is 3.84. The summed E-state index contributed by atoms with van der Waals surface area (Å²) in [6.45, 7) is 5.10. The van der Waals surface area contributed by atoms with E-state index >= 15 is 0 Å². The molecule has 2 fully saturated rings. The lowest BCUT2D eigenvalue weighted by Gasteiger charge is -2.30. The molecule has 0 amide bonds. The number of rotatable bonds is 3. The monoisotopic (exact) mass is 247 g/mol. The zero-order valence-electron chi connectivity index (χ0n) is 9.78. The maximum Gasteiger partial charge on any atom is 0.279 e. The van der Waals surface area contributed by atoms with Gasteiger partial charge >= 0.3 is 0 Å². The van der Waals surface area contributed by atoms with Crippen LogP contribution in [0.1, 0.15) is 26.2 Å². The molecule has 2 aliphatic rings. The molecule has 0 aliphatic carbocycles. The first-order valence-corrected chi connectivity index (χ1v) is 7.50. The van der Waals surface area contributed by atoms with E-state index in [2.05, 4.69) is 17.0 Å². The van der Waals surface area contributed by atoms with Gasteiger partial charge < -0.3 is 5.32 Å². The molecule has 2 aliphatic heterocycles. The Bertz CT molecular complexity index is 325. The van der Waals surface area contributed by atoms with Crippen molar-refractivity contribution in [3.05, 3.63) is 0 Å². The first-order chi connectivity index (χ1) is 7.58. The van der Waals surface area contributed by atoms with Crippen molar-refractivity contribution in [3.63, 3.8) is 0 Å². The Labute approximate surface area is 97.8 Å². The van der Waals surface area contributed by atoms with Crippen molar-refractivity contribution >= 4 is 10.2 Å². The van der Waals surface area contributed by atoms with Gasteiger partial charge in [0.1, 0.15) is 0 Å². The standard InChI is InChI=1S/C10H21N3O2S/c1-9-3-2-6-13(8-9)16(14,15)12-10-4-5-11-7-10/h9-12H,2-8H2,1H3/t9?,10-/m1/s1. The van der Waals surface area contributed by atoms with Crippen LogP contribution in [0.2, 0.25) is 0 Å². The number of nitrogens with zero attached hydrogens (tertiary/aromatic N) is 1. The smallest absolute Gasteiger partial charge is 0.279 e. The number of piperidine rings is 1. The van der Waals surface area contributed by atoms with Gasteiger partial charge in [-0.05, 0) is 31.7 Å². The fourth-order valence-electron chi connectivity index (χ4n) is 2.41. The second kappa shape index (κ2) is 5.00. The van der Waals surface area contributed by atoms with Gasteiger partial charge in [-0.15, -0.1) is 0 Å². The summed E-state index contributed by atoms with van der Waals surface area (Å²) >= 11 is 0. The summed E-state index contributed by atoms with van der Waals surface area (Å²) in [5.74, 6) is 0.479. The van der Waals surface area contributed by atoms with E-state index in [4.69, 9.17) is 0 Å². The zero-order chi connectivity index (χ0) is 11.6. The molecule has 5 nitrogen and oxygen atoms in total. The third-order valence-corrected chi connectivity index (χ3v) is 4.98. The molecule has 0 aromatic heterocycles. The quantitative estimate of drug-likeness (QED) is 0.733. The summed E-state index contributed by atoms with van der Waals surface area (Å²) in [4.78, 5) is 0. The van der Waals surface area contributed by atoms with Crippen LogP contribution in [0.3, 0.4) is 0 Å². The van der Waals surface area contributed by atoms with Crippen LogP contribution in [0.15, 0.2) is 0 Å². The van der Waals surface area contributed by atoms with Gasteiger partial charge in [0.2, 0.25) is 0 Å². The summed E-state index contributed by atoms with van der Waals surface area (Å²) < 4.78 is 28.5. The van der Waals surface area contributed by atoms with E-state index in [9.17, 15) is 8.42 Å². The Morgan fingerprint density at radius 3 is 2.81 bits per heavy atom. The molecule has 0 spiro atoms. The largest absolute Gasteiger partial charge is 0.315 e. The molecular formula is C10H21N3O2S. The van der Waals surface area contributed by atoms with Gasteiger partial charge in [0.05, 0.1) is 0 Å². The summed E-state index contributed by atoms with van der Waals surface area (Å²) in [6, 6.07) is 0.0715. The van der Waals surface area contributed by atoms with Gasteiger partial charge in [-0.3, -0.25) is 0 Å². The lowest BCUT2D eigenvalue weighted by Crippen LogP contribution is -2.49. The topological polar surface area (TPSA) is 61.4 Å². The zero-order valence-corrected chi connectivity index (χ0v) is 10.6. The molecule has 0 saturated carbocycles. The van der Waals surface area contributed by atoms with Crippen molar-refractivity contribution in [2.24, 2.45) is 5.92 Å². The molecule has 0 aromatic rings. The van der Waals surface area contributed by atoms with Gasteiger partial charge in [-0.2, -0.15) is 17.4 Å². The van der Waals surface area contributed by atoms with Crippen molar-refractivity contribution in [2.45, 2.75) is 32.2 Å². The maximum absolute atomic E-state index is 12.1. The van der Waals surface area contributed by atoms with Crippen molar-refractivity contribution in [3.8, 4) is 0 Å². The molecular weight excluding hydrogens is 226 g/mol. The minimum absolute atomic E-state index is 0.0715. The van der Waals surface area contributed by atoms with E-state index < -0.39 is 10.2 Å². The summed E-state index contributed by atoms with van der Waals surface area (Å²) in [5.41, 5.74) is 0. The van der Waals surface area contributed by atoms with Gasteiger partial charge in [0, 0.05) is 25.7 Å². The number of nitrogens with one attached hydrogen (secondary N) is 2. The molecule has 94 valence electrons. The van der Waals surface area contributed by atoms with Gasteiger partial charge in [-0.25, -0.2) is 0 Å². The lowest BCUT2D eigenvalue weighted by molar-refractivity contribution is 0.277. The van der Waals surface area contributed by atoms with Crippen LogP contribution in [-0.4, -0.2) is 44.9 Å². The maximum atomic E-state index is 12.1. The summed E-state index contributed by atoms with van der Waals surface area (Å²) in [6.07, 6.45) is 3.00. The molecule has 0 radical (unpaired) electrons. The third kappa shape index (κ3) is 2.94. The van der Waals surface area contributed by atoms with E-state index in [0.717, 1.165) is 32.4 Å². The van der Waals surface area contributed by atoms with E-state index in [1.54, 1.807) is 4.31 Å². The van der Waals surface area contributed by atoms with Crippen LogP contribution in [0, 0.1) is 5.92 Å². The number of hydrogen-bond donors (Lipinski definition) is 2. The van der Waals surface area contributed by atoms with Crippen LogP contribution in [0.5, 0.6) is 0 Å². The average molecular weight is 247 g/mol. The van der Waals surface area contributed by atoms with Crippen molar-refractivity contribution in [1.82, 2.24) is 14.3 Å². The van der Waals surface area contributed by atoms with Crippen molar-refractivity contribution in [1.29, 1.82) is 0 Å². The van der Waals surface area contributed by atoms with E-state index in [0.29, 0.717) is 19.0 Å². The Balaban J connectivity index is 1.94. The van der Waals surface area contributed by atoms with E-state index in [1.165, 1.54) is 0 Å². The highest BCUT2D eigenvalue weighted by Gasteiger charge is 2.29. The molecule has 1 unspecified atom stereocenters. The molecule has 6 heteroatoms. The highest BCUT2D eigenvalue weighted by Crippen LogP contribution is 2.18. The predicted octanol–water partition coefficient (Wildman–Crippen LogP) is -0.0854. The SMILES string of the molecule is CC1CCCN(S(=O)(=O)N[C@@H]2CCNC2)C1. The Morgan fingerprint density at radius 2 is 2.19 bits per heavy atom. The Morgan fingerprint density at radius 1 is 1.38 bits per heavy atom. The van der Waals surface area contributed by atoms with Gasteiger partial charge in [0.15, 0.2) is 0 Å². The van der Waals surface area contributed by atoms with Crippen LogP contribution in [0.4, 0.5) is 0 Å². The lowest BCUT2D eigenvalue weighted by atomic mass is 10.0. The summed E-state index contributed by atoms with van der Waals surface area (Å²) in [7, 11) is -3.26. The molecule has 2 heterocycles. The second-order valence-corrected chi connectivity index (χ2v) is 6.62. The molecule has 2 atom stereocenters. The molecule has 2 saturated heterocycles. The van der Waals surface area contributed by atoms with E-state index in [1.807, 2.05) is 0 Å². The van der Waals surface area contributed by atoms with E-state index in [-0.39, 0.29) is 6.04 Å². The molecule has 2 N–H and O–H groups in total. The van der Waals surface area contributed by atoms with Crippen molar-refractivity contribution in [2.75, 3.05) is 26.2 Å². The van der Waals surface area contributed by atoms with Crippen LogP contribution in [0.25, 0.3) is 0 Å². The average Bonchev–Trinajstić information content (AvgIpc) is 2.70. The molecule has 2 rings (SSSR count). The minimum atomic E-state index is -3.26. The van der Waals surface area contributed by atoms with Gasteiger partial charge in [0.25, 0.3) is 10.2 Å². The third-order valence-electron chi connectivity index (χ3n) is 3.34. The minimum Gasteiger partial charge on any atom is -0.315 e. The second-order valence-electron chi connectivity index (χ2n) is 4.92. The summed E-state index contributed by atoms with van der Waals surface area (Å²) in [5, 5.41) is 3.16. The highest BCUT2D eigenvalue weighted by molar-refractivity contribution is 7.87. The molecule has 0 aromatic carbocycles. The highest BCUT2D eigenvalue weighted by atomic mass is 32.2. The fourth-order valence-corrected chi connectivity index (χ4v) is 4.00.